The Balaban J connectivity index is 1.79. The van der Waals surface area contributed by atoms with Crippen molar-refractivity contribution in [1.29, 1.82) is 0 Å². The van der Waals surface area contributed by atoms with E-state index in [1.165, 1.54) is 24.5 Å². The molecule has 1 heterocycles. The molecule has 2 aromatic carbocycles. The largest absolute Gasteiger partial charge is 0.459 e. The summed E-state index contributed by atoms with van der Waals surface area (Å²) < 4.78 is 30.0. The molecule has 0 radical (unpaired) electrons. The summed E-state index contributed by atoms with van der Waals surface area (Å²) in [5.41, 5.74) is 0.942. The molecule has 0 saturated carbocycles. The normalized spacial score (nSPS) is 11.1. The van der Waals surface area contributed by atoms with E-state index in [1.807, 2.05) is 0 Å². The Morgan fingerprint density at radius 2 is 1.59 bits per heavy atom. The molecule has 0 aliphatic carbocycles. The van der Waals surface area contributed by atoms with Crippen LogP contribution in [0.1, 0.15) is 34.3 Å². The molecule has 0 aliphatic rings. The van der Waals surface area contributed by atoms with Gasteiger partial charge in [-0.1, -0.05) is 25.1 Å². The maximum absolute atomic E-state index is 12.7. The predicted molar refractivity (Wildman–Crippen MR) is 110 cm³/mol. The van der Waals surface area contributed by atoms with Gasteiger partial charge in [0.05, 0.1) is 22.5 Å². The number of nitrogens with one attached hydrogen (secondary N) is 2. The Morgan fingerprint density at radius 3 is 2.24 bits per heavy atom. The zero-order chi connectivity index (χ0) is 20.9. The second kappa shape index (κ2) is 8.74. The third kappa shape index (κ3) is 4.91. The lowest BCUT2D eigenvalue weighted by Gasteiger charge is -2.11. The van der Waals surface area contributed by atoms with Crippen molar-refractivity contribution in [3.8, 4) is 0 Å². The van der Waals surface area contributed by atoms with Gasteiger partial charge in [-0.3, -0.25) is 9.59 Å². The third-order valence-corrected chi connectivity index (χ3v) is 6.03. The van der Waals surface area contributed by atoms with Crippen LogP contribution in [0.3, 0.4) is 0 Å². The fraction of sp³-hybridized carbons (Fsp3) is 0.143. The number of furan rings is 1. The molecule has 3 rings (SSSR count). The van der Waals surface area contributed by atoms with Crippen molar-refractivity contribution < 1.29 is 22.4 Å². The van der Waals surface area contributed by atoms with Gasteiger partial charge in [0.15, 0.2) is 15.6 Å². The van der Waals surface area contributed by atoms with Crippen LogP contribution in [0, 0.1) is 0 Å². The van der Waals surface area contributed by atoms with E-state index in [9.17, 15) is 18.0 Å². The average Bonchev–Trinajstić information content (AvgIpc) is 3.23. The van der Waals surface area contributed by atoms with Gasteiger partial charge in [-0.05, 0) is 48.9 Å². The van der Waals surface area contributed by atoms with E-state index < -0.39 is 21.7 Å². The molecule has 0 atom stereocenters. The number of hydrogen-bond acceptors (Lipinski definition) is 5. The molecule has 29 heavy (non-hydrogen) atoms. The highest BCUT2D eigenvalue weighted by molar-refractivity contribution is 7.91. The molecule has 3 aromatic rings. The van der Waals surface area contributed by atoms with Crippen molar-refractivity contribution in [2.24, 2.45) is 0 Å². The molecule has 0 fully saturated rings. The van der Waals surface area contributed by atoms with Gasteiger partial charge in [0.25, 0.3) is 11.8 Å². The summed E-state index contributed by atoms with van der Waals surface area (Å²) in [5.74, 6) is -0.843. The second-order valence-corrected chi connectivity index (χ2v) is 8.36. The topological polar surface area (TPSA) is 105 Å². The molecule has 0 bridgehead atoms. The van der Waals surface area contributed by atoms with E-state index in [4.69, 9.17) is 4.42 Å². The van der Waals surface area contributed by atoms with E-state index in [0.717, 1.165) is 0 Å². The van der Waals surface area contributed by atoms with E-state index in [0.29, 0.717) is 17.8 Å². The van der Waals surface area contributed by atoms with Crippen molar-refractivity contribution in [3.05, 3.63) is 78.3 Å². The SMILES string of the molecule is CCCS(=O)(=O)c1ccccc1C(=O)Nc1cccc(NC(=O)c2ccco2)c1. The minimum atomic E-state index is -3.56. The molecule has 0 spiro atoms. The van der Waals surface area contributed by atoms with Crippen LogP contribution in [-0.2, 0) is 9.84 Å². The van der Waals surface area contributed by atoms with Gasteiger partial charge in [0.2, 0.25) is 0 Å². The molecule has 150 valence electrons. The van der Waals surface area contributed by atoms with E-state index in [1.54, 1.807) is 49.4 Å². The molecule has 7 nitrogen and oxygen atoms in total. The standard InChI is InChI=1S/C21H20N2O5S/c1-2-13-29(26,27)19-11-4-3-9-17(19)20(24)22-15-7-5-8-16(14-15)23-21(25)18-10-6-12-28-18/h3-12,14H,2,13H2,1H3,(H,22,24)(H,23,25). The molecule has 2 N–H and O–H groups in total. The fourth-order valence-electron chi connectivity index (χ4n) is 2.78. The molecule has 0 saturated heterocycles. The first-order valence-corrected chi connectivity index (χ1v) is 10.6. The van der Waals surface area contributed by atoms with Crippen molar-refractivity contribution in [2.45, 2.75) is 18.2 Å². The van der Waals surface area contributed by atoms with Crippen molar-refractivity contribution in [1.82, 2.24) is 0 Å². The quantitative estimate of drug-likeness (QED) is 0.611. The van der Waals surface area contributed by atoms with Crippen molar-refractivity contribution in [2.75, 3.05) is 16.4 Å². The molecule has 8 heteroatoms. The third-order valence-electron chi connectivity index (χ3n) is 4.06. The molecular formula is C21H20N2O5S. The maximum Gasteiger partial charge on any atom is 0.291 e. The highest BCUT2D eigenvalue weighted by Crippen LogP contribution is 2.21. The molecule has 2 amide bonds. The van der Waals surface area contributed by atoms with Gasteiger partial charge in [-0.15, -0.1) is 0 Å². The van der Waals surface area contributed by atoms with Crippen LogP contribution in [0.2, 0.25) is 0 Å². The van der Waals surface area contributed by atoms with Crippen LogP contribution in [-0.4, -0.2) is 26.0 Å². The van der Waals surface area contributed by atoms with E-state index >= 15 is 0 Å². The zero-order valence-electron chi connectivity index (χ0n) is 15.7. The van der Waals surface area contributed by atoms with E-state index in [-0.39, 0.29) is 22.0 Å². The number of hydrogen-bond donors (Lipinski definition) is 2. The van der Waals surface area contributed by atoms with Crippen LogP contribution >= 0.6 is 0 Å². The molecular weight excluding hydrogens is 392 g/mol. The summed E-state index contributed by atoms with van der Waals surface area (Å²) >= 11 is 0. The Labute approximate surface area is 168 Å². The van der Waals surface area contributed by atoms with Crippen molar-refractivity contribution >= 4 is 33.0 Å². The number of anilines is 2. The first kappa shape index (κ1) is 20.3. The van der Waals surface area contributed by atoms with Crippen LogP contribution in [0.15, 0.2) is 76.2 Å². The lowest BCUT2D eigenvalue weighted by atomic mass is 10.2. The predicted octanol–water partition coefficient (Wildman–Crippen LogP) is 3.97. The monoisotopic (exact) mass is 412 g/mol. The number of carbonyl (C=O) groups excluding carboxylic acids is 2. The Kier molecular flexibility index (Phi) is 6.13. The first-order chi connectivity index (χ1) is 13.9. The lowest BCUT2D eigenvalue weighted by Crippen LogP contribution is -2.18. The minimum absolute atomic E-state index is 0.00151. The van der Waals surface area contributed by atoms with Crippen LogP contribution in [0.25, 0.3) is 0 Å². The number of rotatable bonds is 7. The van der Waals surface area contributed by atoms with Gasteiger partial charge in [-0.2, -0.15) is 0 Å². The summed E-state index contributed by atoms with van der Waals surface area (Å²) in [6.07, 6.45) is 1.85. The van der Waals surface area contributed by atoms with Crippen LogP contribution < -0.4 is 10.6 Å². The van der Waals surface area contributed by atoms with Gasteiger partial charge < -0.3 is 15.1 Å². The van der Waals surface area contributed by atoms with Crippen LogP contribution in [0.4, 0.5) is 11.4 Å². The highest BCUT2D eigenvalue weighted by atomic mass is 32.2. The molecule has 1 aromatic heterocycles. The fourth-order valence-corrected chi connectivity index (χ4v) is 4.32. The van der Waals surface area contributed by atoms with Gasteiger partial charge in [0, 0.05) is 11.4 Å². The molecule has 0 unspecified atom stereocenters. The average molecular weight is 412 g/mol. The van der Waals surface area contributed by atoms with Gasteiger partial charge in [0.1, 0.15) is 0 Å². The maximum atomic E-state index is 12.7. The summed E-state index contributed by atoms with van der Waals surface area (Å²) in [4.78, 5) is 24.8. The zero-order valence-corrected chi connectivity index (χ0v) is 16.5. The number of sulfone groups is 1. The van der Waals surface area contributed by atoms with Crippen molar-refractivity contribution in [3.63, 3.8) is 0 Å². The minimum Gasteiger partial charge on any atom is -0.459 e. The summed E-state index contributed by atoms with van der Waals surface area (Å²) in [6.45, 7) is 1.77. The molecule has 0 aliphatic heterocycles. The van der Waals surface area contributed by atoms with Gasteiger partial charge >= 0.3 is 0 Å². The van der Waals surface area contributed by atoms with Gasteiger partial charge in [-0.25, -0.2) is 8.42 Å². The Bertz CT molecular complexity index is 1120. The Hall–Kier alpha value is -3.39. The Morgan fingerprint density at radius 1 is 0.897 bits per heavy atom. The second-order valence-electron chi connectivity index (χ2n) is 6.28. The number of carbonyl (C=O) groups is 2. The number of amides is 2. The number of benzene rings is 2. The summed E-state index contributed by atoms with van der Waals surface area (Å²) in [6, 6.07) is 15.8. The van der Waals surface area contributed by atoms with E-state index in [2.05, 4.69) is 10.6 Å². The summed E-state index contributed by atoms with van der Waals surface area (Å²) in [5, 5.41) is 5.35. The summed E-state index contributed by atoms with van der Waals surface area (Å²) in [7, 11) is -3.56. The lowest BCUT2D eigenvalue weighted by molar-refractivity contribution is 0.0994. The highest BCUT2D eigenvalue weighted by Gasteiger charge is 2.21. The smallest absolute Gasteiger partial charge is 0.291 e. The van der Waals surface area contributed by atoms with Crippen LogP contribution in [0.5, 0.6) is 0 Å². The first-order valence-electron chi connectivity index (χ1n) is 8.99.